The highest BCUT2D eigenvalue weighted by molar-refractivity contribution is 7.80. The largest absolute Gasteiger partial charge is 0.332 e. The molecule has 0 unspecified atom stereocenters. The summed E-state index contributed by atoms with van der Waals surface area (Å²) < 4.78 is 0. The van der Waals surface area contributed by atoms with E-state index in [0.717, 1.165) is 12.1 Å². The Kier molecular flexibility index (Phi) is 5.24. The first kappa shape index (κ1) is 15.1. The van der Waals surface area contributed by atoms with Crippen molar-refractivity contribution in [2.24, 2.45) is 0 Å². The van der Waals surface area contributed by atoms with E-state index in [2.05, 4.69) is 29.7 Å². The SMILES string of the molecule is CCc1ccc(NC(=S)Nc2cc(Cl)ccc2Cl)cc1. The Hall–Kier alpha value is -1.29. The van der Waals surface area contributed by atoms with Crippen molar-refractivity contribution < 1.29 is 0 Å². The van der Waals surface area contributed by atoms with Crippen LogP contribution in [0.15, 0.2) is 42.5 Å². The molecule has 0 atom stereocenters. The van der Waals surface area contributed by atoms with E-state index in [1.54, 1.807) is 18.2 Å². The summed E-state index contributed by atoms with van der Waals surface area (Å²) in [7, 11) is 0. The molecule has 0 bridgehead atoms. The van der Waals surface area contributed by atoms with Crippen molar-refractivity contribution in [1.82, 2.24) is 0 Å². The van der Waals surface area contributed by atoms with Crippen LogP contribution in [0.3, 0.4) is 0 Å². The molecule has 0 spiro atoms. The third-order valence-electron chi connectivity index (χ3n) is 2.80. The fourth-order valence-corrected chi connectivity index (χ4v) is 2.27. The summed E-state index contributed by atoms with van der Waals surface area (Å²) in [6.45, 7) is 2.12. The van der Waals surface area contributed by atoms with Gasteiger partial charge in [0.2, 0.25) is 0 Å². The molecule has 20 heavy (non-hydrogen) atoms. The van der Waals surface area contributed by atoms with Gasteiger partial charge in [-0.15, -0.1) is 0 Å². The Morgan fingerprint density at radius 1 is 1.05 bits per heavy atom. The molecule has 2 aromatic rings. The van der Waals surface area contributed by atoms with E-state index in [0.29, 0.717) is 20.8 Å². The average Bonchev–Trinajstić information content (AvgIpc) is 2.43. The number of nitrogens with one attached hydrogen (secondary N) is 2. The van der Waals surface area contributed by atoms with Crippen LogP contribution in [-0.4, -0.2) is 5.11 Å². The van der Waals surface area contributed by atoms with Crippen LogP contribution in [-0.2, 0) is 6.42 Å². The van der Waals surface area contributed by atoms with Crippen LogP contribution in [0.5, 0.6) is 0 Å². The number of halogens is 2. The molecular formula is C15H14Cl2N2S. The van der Waals surface area contributed by atoms with Gasteiger partial charge < -0.3 is 10.6 Å². The molecule has 2 nitrogen and oxygen atoms in total. The fourth-order valence-electron chi connectivity index (χ4n) is 1.70. The minimum absolute atomic E-state index is 0.471. The molecule has 0 radical (unpaired) electrons. The van der Waals surface area contributed by atoms with Crippen LogP contribution < -0.4 is 10.6 Å². The van der Waals surface area contributed by atoms with Crippen molar-refractivity contribution in [3.8, 4) is 0 Å². The zero-order valence-electron chi connectivity index (χ0n) is 10.9. The molecule has 0 aliphatic rings. The monoisotopic (exact) mass is 324 g/mol. The van der Waals surface area contributed by atoms with E-state index in [1.165, 1.54) is 5.56 Å². The van der Waals surface area contributed by atoms with E-state index in [1.807, 2.05) is 12.1 Å². The number of hydrogen-bond acceptors (Lipinski definition) is 1. The Morgan fingerprint density at radius 2 is 1.75 bits per heavy atom. The average molecular weight is 325 g/mol. The maximum absolute atomic E-state index is 6.07. The van der Waals surface area contributed by atoms with Crippen LogP contribution in [0.4, 0.5) is 11.4 Å². The third-order valence-corrected chi connectivity index (χ3v) is 3.57. The molecule has 2 rings (SSSR count). The molecule has 104 valence electrons. The van der Waals surface area contributed by atoms with Gasteiger partial charge >= 0.3 is 0 Å². The van der Waals surface area contributed by atoms with Crippen molar-refractivity contribution in [1.29, 1.82) is 0 Å². The van der Waals surface area contributed by atoms with E-state index >= 15 is 0 Å². The van der Waals surface area contributed by atoms with Crippen LogP contribution in [0.1, 0.15) is 12.5 Å². The Bertz CT molecular complexity index is 612. The van der Waals surface area contributed by atoms with Gasteiger partial charge in [-0.25, -0.2) is 0 Å². The molecule has 0 amide bonds. The minimum Gasteiger partial charge on any atom is -0.332 e. The number of rotatable bonds is 3. The lowest BCUT2D eigenvalue weighted by molar-refractivity contribution is 1.14. The summed E-state index contributed by atoms with van der Waals surface area (Å²) in [5.41, 5.74) is 2.90. The highest BCUT2D eigenvalue weighted by Gasteiger charge is 2.04. The lowest BCUT2D eigenvalue weighted by atomic mass is 10.1. The zero-order chi connectivity index (χ0) is 14.5. The number of anilines is 2. The quantitative estimate of drug-likeness (QED) is 0.742. The van der Waals surface area contributed by atoms with Gasteiger partial charge in [0.25, 0.3) is 0 Å². The van der Waals surface area contributed by atoms with Crippen LogP contribution in [0.25, 0.3) is 0 Å². The highest BCUT2D eigenvalue weighted by Crippen LogP contribution is 2.25. The van der Waals surface area contributed by atoms with Crippen LogP contribution in [0.2, 0.25) is 10.0 Å². The fraction of sp³-hybridized carbons (Fsp3) is 0.133. The number of hydrogen-bond donors (Lipinski definition) is 2. The third kappa shape index (κ3) is 4.10. The Labute approximate surface area is 134 Å². The first-order valence-electron chi connectivity index (χ1n) is 6.20. The molecule has 0 aliphatic carbocycles. The standard InChI is InChI=1S/C15H14Cl2N2S/c1-2-10-3-6-12(7-4-10)18-15(20)19-14-9-11(16)5-8-13(14)17/h3-9H,2H2,1H3,(H2,18,19,20). The van der Waals surface area contributed by atoms with Gasteiger partial charge in [0.05, 0.1) is 10.7 Å². The van der Waals surface area contributed by atoms with E-state index in [4.69, 9.17) is 35.4 Å². The van der Waals surface area contributed by atoms with Gasteiger partial charge in [-0.2, -0.15) is 0 Å². The van der Waals surface area contributed by atoms with Crippen LogP contribution in [0, 0.1) is 0 Å². The Balaban J connectivity index is 2.03. The second kappa shape index (κ2) is 6.93. The van der Waals surface area contributed by atoms with E-state index in [9.17, 15) is 0 Å². The lowest BCUT2D eigenvalue weighted by Gasteiger charge is -2.12. The Morgan fingerprint density at radius 3 is 2.40 bits per heavy atom. The molecule has 0 saturated heterocycles. The smallest absolute Gasteiger partial charge is 0.175 e. The van der Waals surface area contributed by atoms with Gasteiger partial charge in [-0.3, -0.25) is 0 Å². The first-order chi connectivity index (χ1) is 9.58. The molecule has 0 saturated carbocycles. The number of aryl methyl sites for hydroxylation is 1. The molecule has 0 heterocycles. The molecule has 0 aromatic heterocycles. The maximum atomic E-state index is 6.07. The van der Waals surface area contributed by atoms with Crippen molar-refractivity contribution in [3.05, 3.63) is 58.1 Å². The van der Waals surface area contributed by atoms with Crippen molar-refractivity contribution >= 4 is 51.9 Å². The zero-order valence-corrected chi connectivity index (χ0v) is 13.2. The summed E-state index contributed by atoms with van der Waals surface area (Å²) in [5.74, 6) is 0. The van der Waals surface area contributed by atoms with Gasteiger partial charge in [0, 0.05) is 10.7 Å². The predicted octanol–water partition coefficient (Wildman–Crippen LogP) is 5.36. The number of benzene rings is 2. The molecule has 0 fully saturated rings. The number of thiocarbonyl (C=S) groups is 1. The molecule has 0 aliphatic heterocycles. The second-order valence-electron chi connectivity index (χ2n) is 4.25. The summed E-state index contributed by atoms with van der Waals surface area (Å²) in [5, 5.41) is 7.78. The summed E-state index contributed by atoms with van der Waals surface area (Å²) in [6, 6.07) is 13.3. The van der Waals surface area contributed by atoms with Gasteiger partial charge in [0.1, 0.15) is 0 Å². The lowest BCUT2D eigenvalue weighted by Crippen LogP contribution is -2.19. The van der Waals surface area contributed by atoms with Gasteiger partial charge in [-0.05, 0) is 54.5 Å². The van der Waals surface area contributed by atoms with Gasteiger partial charge in [0.15, 0.2) is 5.11 Å². The summed E-state index contributed by atoms with van der Waals surface area (Å²) in [6.07, 6.45) is 1.01. The molecule has 5 heteroatoms. The highest BCUT2D eigenvalue weighted by atomic mass is 35.5. The normalized spacial score (nSPS) is 10.2. The second-order valence-corrected chi connectivity index (χ2v) is 5.51. The summed E-state index contributed by atoms with van der Waals surface area (Å²) >= 11 is 17.3. The van der Waals surface area contributed by atoms with Crippen LogP contribution >= 0.6 is 35.4 Å². The van der Waals surface area contributed by atoms with E-state index in [-0.39, 0.29) is 0 Å². The van der Waals surface area contributed by atoms with E-state index < -0.39 is 0 Å². The molecule has 2 N–H and O–H groups in total. The molecular weight excluding hydrogens is 311 g/mol. The summed E-state index contributed by atoms with van der Waals surface area (Å²) in [4.78, 5) is 0. The maximum Gasteiger partial charge on any atom is 0.175 e. The first-order valence-corrected chi connectivity index (χ1v) is 7.37. The van der Waals surface area contributed by atoms with Crippen molar-refractivity contribution in [3.63, 3.8) is 0 Å². The minimum atomic E-state index is 0.471. The van der Waals surface area contributed by atoms with Crippen molar-refractivity contribution in [2.75, 3.05) is 10.6 Å². The van der Waals surface area contributed by atoms with Crippen molar-refractivity contribution in [2.45, 2.75) is 13.3 Å². The van der Waals surface area contributed by atoms with Gasteiger partial charge in [-0.1, -0.05) is 42.3 Å². The predicted molar refractivity (Wildman–Crippen MR) is 92.1 cm³/mol. The topological polar surface area (TPSA) is 24.1 Å². The molecule has 2 aromatic carbocycles.